The van der Waals surface area contributed by atoms with Gasteiger partial charge < -0.3 is 9.84 Å². The fourth-order valence-electron chi connectivity index (χ4n) is 3.32. The lowest BCUT2D eigenvalue weighted by molar-refractivity contribution is -0.137. The molecule has 5 nitrogen and oxygen atoms in total. The number of carbonyl (C=O) groups excluding carboxylic acids is 3. The second kappa shape index (κ2) is 8.21. The van der Waals surface area contributed by atoms with Crippen molar-refractivity contribution >= 4 is 18.0 Å². The topological polar surface area (TPSA) is 80.7 Å². The van der Waals surface area contributed by atoms with Gasteiger partial charge in [-0.15, -0.1) is 0 Å². The zero-order chi connectivity index (χ0) is 18.6. The normalized spacial score (nSPS) is 31.0. The number of carbonyl (C=O) groups is 3. The van der Waals surface area contributed by atoms with Crippen LogP contribution in [-0.2, 0) is 19.1 Å². The largest absolute Gasteiger partial charge is 0.454 e. The SMILES string of the molecule is C=C(CCO)C(=O)[C@@H]1C[C@@H]2C(=C)C(=O)O[C@@H]2/C=C(/C=O)CC/C=C\1C. The molecule has 3 atom stereocenters. The number of aliphatic hydroxyl groups excluding tert-OH is 1. The van der Waals surface area contributed by atoms with Gasteiger partial charge in [-0.05, 0) is 49.8 Å². The Bertz CT molecular complexity index is 668. The van der Waals surface area contributed by atoms with Crippen molar-refractivity contribution in [2.45, 2.75) is 38.7 Å². The van der Waals surface area contributed by atoms with Crippen molar-refractivity contribution < 1.29 is 24.2 Å². The summed E-state index contributed by atoms with van der Waals surface area (Å²) in [6, 6.07) is 0. The highest BCUT2D eigenvalue weighted by molar-refractivity contribution is 5.98. The van der Waals surface area contributed by atoms with E-state index in [0.29, 0.717) is 36.0 Å². The van der Waals surface area contributed by atoms with Crippen LogP contribution in [0, 0.1) is 11.8 Å². The summed E-state index contributed by atoms with van der Waals surface area (Å²) in [4.78, 5) is 36.0. The molecule has 0 aromatic heterocycles. The maximum atomic E-state index is 12.8. The predicted molar refractivity (Wildman–Crippen MR) is 93.6 cm³/mol. The van der Waals surface area contributed by atoms with Crippen molar-refractivity contribution in [1.82, 2.24) is 0 Å². The Balaban J connectivity index is 2.38. The molecular formula is C20H24O5. The van der Waals surface area contributed by atoms with Crippen LogP contribution in [0.5, 0.6) is 0 Å². The van der Waals surface area contributed by atoms with E-state index >= 15 is 0 Å². The molecule has 1 aliphatic heterocycles. The summed E-state index contributed by atoms with van der Waals surface area (Å²) < 4.78 is 5.35. The summed E-state index contributed by atoms with van der Waals surface area (Å²) in [7, 11) is 0. The first-order valence-corrected chi connectivity index (χ1v) is 8.44. The molecule has 1 N–H and O–H groups in total. The zero-order valence-electron chi connectivity index (χ0n) is 14.5. The Labute approximate surface area is 147 Å². The van der Waals surface area contributed by atoms with Gasteiger partial charge in [0.2, 0.25) is 0 Å². The number of Topliss-reactive ketones (excluding diaryl/α,β-unsaturated/α-hetero) is 1. The molecule has 1 saturated heterocycles. The summed E-state index contributed by atoms with van der Waals surface area (Å²) >= 11 is 0. The zero-order valence-corrected chi connectivity index (χ0v) is 14.5. The Morgan fingerprint density at radius 1 is 1.48 bits per heavy atom. The van der Waals surface area contributed by atoms with E-state index in [1.807, 2.05) is 13.0 Å². The summed E-state index contributed by atoms with van der Waals surface area (Å²) in [6.07, 6.45) is 5.56. The van der Waals surface area contributed by atoms with Gasteiger partial charge >= 0.3 is 5.97 Å². The molecule has 0 aromatic rings. The lowest BCUT2D eigenvalue weighted by Crippen LogP contribution is -2.26. The lowest BCUT2D eigenvalue weighted by Gasteiger charge is -2.24. The van der Waals surface area contributed by atoms with E-state index in [2.05, 4.69) is 13.2 Å². The first-order valence-electron chi connectivity index (χ1n) is 8.44. The Morgan fingerprint density at radius 2 is 2.20 bits per heavy atom. The molecule has 0 aromatic carbocycles. The Kier molecular flexibility index (Phi) is 6.26. The van der Waals surface area contributed by atoms with Crippen LogP contribution in [0.4, 0.5) is 0 Å². The minimum Gasteiger partial charge on any atom is -0.454 e. The monoisotopic (exact) mass is 344 g/mol. The van der Waals surface area contributed by atoms with Gasteiger partial charge in [0.15, 0.2) is 5.78 Å². The lowest BCUT2D eigenvalue weighted by atomic mass is 9.78. The van der Waals surface area contributed by atoms with Gasteiger partial charge in [0, 0.05) is 24.0 Å². The molecule has 0 bridgehead atoms. The highest BCUT2D eigenvalue weighted by Crippen LogP contribution is 2.37. The van der Waals surface area contributed by atoms with Crippen LogP contribution in [0.3, 0.4) is 0 Å². The van der Waals surface area contributed by atoms with Crippen LogP contribution in [0.25, 0.3) is 0 Å². The third kappa shape index (κ3) is 4.23. The van der Waals surface area contributed by atoms with E-state index < -0.39 is 18.0 Å². The van der Waals surface area contributed by atoms with Crippen LogP contribution in [0.1, 0.15) is 32.6 Å². The second-order valence-electron chi connectivity index (χ2n) is 6.58. The number of hydrogen-bond donors (Lipinski definition) is 1. The fraction of sp³-hybridized carbons (Fsp3) is 0.450. The standard InChI is InChI=1S/C20H24O5/c1-12-5-4-6-15(11-22)9-18-17(14(3)20(24)25-18)10-16(12)19(23)13(2)7-8-21/h5,9,11,16-18,21H,2-4,6-8,10H2,1H3/b12-5-,15-9+/t16-,17-,18-/m1/s1. The summed E-state index contributed by atoms with van der Waals surface area (Å²) in [5.41, 5.74) is 2.15. The molecule has 2 aliphatic rings. The van der Waals surface area contributed by atoms with Gasteiger partial charge in [-0.1, -0.05) is 24.8 Å². The van der Waals surface area contributed by atoms with Crippen molar-refractivity contribution in [2.24, 2.45) is 11.8 Å². The quantitative estimate of drug-likeness (QED) is 0.359. The number of fused-ring (bicyclic) bond motifs is 1. The Morgan fingerprint density at radius 3 is 2.84 bits per heavy atom. The first kappa shape index (κ1) is 19.1. The average molecular weight is 344 g/mol. The van der Waals surface area contributed by atoms with Crippen molar-refractivity contribution in [3.8, 4) is 0 Å². The summed E-state index contributed by atoms with van der Waals surface area (Å²) in [5, 5.41) is 9.07. The van der Waals surface area contributed by atoms with Gasteiger partial charge in [-0.3, -0.25) is 9.59 Å². The molecular weight excluding hydrogens is 320 g/mol. The molecule has 0 amide bonds. The van der Waals surface area contributed by atoms with Crippen LogP contribution < -0.4 is 0 Å². The van der Waals surface area contributed by atoms with E-state index in [1.54, 1.807) is 6.08 Å². The van der Waals surface area contributed by atoms with E-state index in [-0.39, 0.29) is 24.7 Å². The minimum atomic E-state index is -0.576. The van der Waals surface area contributed by atoms with Crippen molar-refractivity contribution in [3.05, 3.63) is 47.6 Å². The summed E-state index contributed by atoms with van der Waals surface area (Å²) in [6.45, 7) is 9.33. The number of aliphatic hydroxyl groups is 1. The van der Waals surface area contributed by atoms with Gasteiger partial charge in [-0.25, -0.2) is 4.79 Å². The predicted octanol–water partition coefficient (Wildman–Crippen LogP) is 2.46. The molecule has 1 heterocycles. The number of hydrogen-bond acceptors (Lipinski definition) is 5. The molecule has 5 heteroatoms. The molecule has 0 spiro atoms. The molecule has 134 valence electrons. The van der Waals surface area contributed by atoms with E-state index in [0.717, 1.165) is 11.9 Å². The number of allylic oxidation sites excluding steroid dienone is 3. The van der Waals surface area contributed by atoms with Gasteiger partial charge in [0.25, 0.3) is 0 Å². The second-order valence-corrected chi connectivity index (χ2v) is 6.58. The number of aldehydes is 1. The highest BCUT2D eigenvalue weighted by Gasteiger charge is 2.40. The van der Waals surface area contributed by atoms with Gasteiger partial charge in [0.05, 0.1) is 0 Å². The van der Waals surface area contributed by atoms with E-state index in [4.69, 9.17) is 9.84 Å². The first-order chi connectivity index (χ1) is 11.9. The van der Waals surface area contributed by atoms with Crippen LogP contribution in [-0.4, -0.2) is 35.9 Å². The van der Waals surface area contributed by atoms with Crippen molar-refractivity contribution in [3.63, 3.8) is 0 Å². The van der Waals surface area contributed by atoms with Crippen LogP contribution in [0.15, 0.2) is 47.6 Å². The molecule has 2 rings (SSSR count). The minimum absolute atomic E-state index is 0.131. The number of ketones is 1. The highest BCUT2D eigenvalue weighted by atomic mass is 16.5. The van der Waals surface area contributed by atoms with Crippen molar-refractivity contribution in [2.75, 3.05) is 6.61 Å². The maximum Gasteiger partial charge on any atom is 0.334 e. The third-order valence-electron chi connectivity index (χ3n) is 4.90. The Hall–Kier alpha value is -2.27. The summed E-state index contributed by atoms with van der Waals surface area (Å²) in [5.74, 6) is -1.42. The molecule has 0 saturated carbocycles. The number of ether oxygens (including phenoxy) is 1. The maximum absolute atomic E-state index is 12.8. The van der Waals surface area contributed by atoms with E-state index in [9.17, 15) is 14.4 Å². The molecule has 1 aliphatic carbocycles. The smallest absolute Gasteiger partial charge is 0.334 e. The molecule has 25 heavy (non-hydrogen) atoms. The van der Waals surface area contributed by atoms with Crippen LogP contribution in [0.2, 0.25) is 0 Å². The van der Waals surface area contributed by atoms with Crippen LogP contribution >= 0.6 is 0 Å². The number of esters is 1. The van der Waals surface area contributed by atoms with E-state index in [1.165, 1.54) is 0 Å². The fourth-order valence-corrected chi connectivity index (χ4v) is 3.32. The van der Waals surface area contributed by atoms with Gasteiger partial charge in [0.1, 0.15) is 12.4 Å². The molecule has 0 unspecified atom stereocenters. The molecule has 1 fully saturated rings. The third-order valence-corrected chi connectivity index (χ3v) is 4.90. The average Bonchev–Trinajstić information content (AvgIpc) is 2.85. The number of rotatable bonds is 5. The molecule has 0 radical (unpaired) electrons. The van der Waals surface area contributed by atoms with Gasteiger partial charge in [-0.2, -0.15) is 0 Å². The van der Waals surface area contributed by atoms with Crippen molar-refractivity contribution in [1.29, 1.82) is 0 Å².